The van der Waals surface area contributed by atoms with Crippen LogP contribution in [0.3, 0.4) is 0 Å². The smallest absolute Gasteiger partial charge is 0.161 e. The first-order valence-corrected chi connectivity index (χ1v) is 7.91. The first-order valence-electron chi connectivity index (χ1n) is 7.91. The lowest BCUT2D eigenvalue weighted by Crippen LogP contribution is -2.31. The van der Waals surface area contributed by atoms with Crippen LogP contribution in [0.5, 0.6) is 11.5 Å². The third-order valence-electron chi connectivity index (χ3n) is 4.14. The summed E-state index contributed by atoms with van der Waals surface area (Å²) >= 11 is 0. The Balaban J connectivity index is 2.05. The van der Waals surface area contributed by atoms with Crippen LogP contribution in [-0.4, -0.2) is 37.7 Å². The number of hydrogen-bond acceptors (Lipinski definition) is 4. The number of benzene rings is 1. The second-order valence-electron chi connectivity index (χ2n) is 6.12. The summed E-state index contributed by atoms with van der Waals surface area (Å²) in [4.78, 5) is 2.47. The number of rotatable bonds is 7. The van der Waals surface area contributed by atoms with E-state index in [0.29, 0.717) is 13.2 Å². The van der Waals surface area contributed by atoms with Gasteiger partial charge < -0.3 is 15.2 Å². The second kappa shape index (κ2) is 7.14. The molecule has 1 atom stereocenters. The van der Waals surface area contributed by atoms with Crippen molar-refractivity contribution in [1.29, 1.82) is 0 Å². The lowest BCUT2D eigenvalue weighted by Gasteiger charge is -2.23. The van der Waals surface area contributed by atoms with Gasteiger partial charge in [-0.05, 0) is 56.5 Å². The zero-order valence-corrected chi connectivity index (χ0v) is 13.5. The van der Waals surface area contributed by atoms with E-state index in [4.69, 9.17) is 15.2 Å². The SMILES string of the molecule is CCOc1ccc(CN2CCC(C)(CN)C2)cc1OCC. The monoisotopic (exact) mass is 292 g/mol. The molecule has 0 amide bonds. The van der Waals surface area contributed by atoms with Gasteiger partial charge in [0.2, 0.25) is 0 Å². The molecule has 0 saturated carbocycles. The van der Waals surface area contributed by atoms with Crippen molar-refractivity contribution in [2.24, 2.45) is 11.1 Å². The summed E-state index contributed by atoms with van der Waals surface area (Å²) in [5, 5.41) is 0. The first-order chi connectivity index (χ1) is 10.1. The molecule has 21 heavy (non-hydrogen) atoms. The average molecular weight is 292 g/mol. The summed E-state index contributed by atoms with van der Waals surface area (Å²) in [6.07, 6.45) is 1.18. The van der Waals surface area contributed by atoms with Crippen molar-refractivity contribution in [3.63, 3.8) is 0 Å². The van der Waals surface area contributed by atoms with Crippen LogP contribution in [0.1, 0.15) is 32.8 Å². The molecule has 4 heteroatoms. The zero-order valence-electron chi connectivity index (χ0n) is 13.5. The lowest BCUT2D eigenvalue weighted by molar-refractivity contribution is 0.271. The van der Waals surface area contributed by atoms with Crippen LogP contribution in [0.2, 0.25) is 0 Å². The maximum absolute atomic E-state index is 5.88. The Bertz CT molecular complexity index is 464. The lowest BCUT2D eigenvalue weighted by atomic mass is 9.90. The van der Waals surface area contributed by atoms with Crippen LogP contribution in [0.15, 0.2) is 18.2 Å². The standard InChI is InChI=1S/C17H28N2O2/c1-4-20-15-7-6-14(10-16(15)21-5-2)11-19-9-8-17(3,12-18)13-19/h6-7,10H,4-5,8-9,11-13,18H2,1-3H3. The minimum Gasteiger partial charge on any atom is -0.490 e. The van der Waals surface area contributed by atoms with E-state index < -0.39 is 0 Å². The molecule has 1 unspecified atom stereocenters. The molecule has 2 N–H and O–H groups in total. The van der Waals surface area contributed by atoms with E-state index >= 15 is 0 Å². The summed E-state index contributed by atoms with van der Waals surface area (Å²) in [5.41, 5.74) is 7.42. The predicted molar refractivity (Wildman–Crippen MR) is 85.8 cm³/mol. The molecule has 1 aromatic rings. The third kappa shape index (κ3) is 4.11. The van der Waals surface area contributed by atoms with E-state index in [2.05, 4.69) is 24.0 Å². The van der Waals surface area contributed by atoms with Gasteiger partial charge in [-0.25, -0.2) is 0 Å². The summed E-state index contributed by atoms with van der Waals surface area (Å²) in [7, 11) is 0. The molecule has 1 aromatic carbocycles. The Morgan fingerprint density at radius 2 is 1.90 bits per heavy atom. The van der Waals surface area contributed by atoms with Crippen molar-refractivity contribution < 1.29 is 9.47 Å². The molecule has 0 bridgehead atoms. The van der Waals surface area contributed by atoms with Gasteiger partial charge in [0.25, 0.3) is 0 Å². The summed E-state index contributed by atoms with van der Waals surface area (Å²) in [6, 6.07) is 6.25. The number of ether oxygens (including phenoxy) is 2. The van der Waals surface area contributed by atoms with Crippen molar-refractivity contribution in [2.45, 2.75) is 33.7 Å². The molecule has 1 aliphatic rings. The van der Waals surface area contributed by atoms with Crippen molar-refractivity contribution >= 4 is 0 Å². The fourth-order valence-corrected chi connectivity index (χ4v) is 2.88. The molecule has 4 nitrogen and oxygen atoms in total. The highest BCUT2D eigenvalue weighted by Gasteiger charge is 2.32. The molecule has 0 aliphatic carbocycles. The number of likely N-dealkylation sites (tertiary alicyclic amines) is 1. The molecular formula is C17H28N2O2. The number of nitrogens with zero attached hydrogens (tertiary/aromatic N) is 1. The maximum atomic E-state index is 5.88. The Hall–Kier alpha value is -1.26. The normalized spacial score (nSPS) is 22.5. The number of nitrogens with two attached hydrogens (primary N) is 1. The molecule has 1 heterocycles. The fraction of sp³-hybridized carbons (Fsp3) is 0.647. The molecular weight excluding hydrogens is 264 g/mol. The molecule has 0 radical (unpaired) electrons. The maximum Gasteiger partial charge on any atom is 0.161 e. The van der Waals surface area contributed by atoms with Crippen LogP contribution < -0.4 is 15.2 Å². The van der Waals surface area contributed by atoms with Crippen LogP contribution in [0.4, 0.5) is 0 Å². The predicted octanol–water partition coefficient (Wildman–Crippen LogP) is 2.65. The van der Waals surface area contributed by atoms with Crippen molar-refractivity contribution in [2.75, 3.05) is 32.8 Å². The molecule has 0 spiro atoms. The van der Waals surface area contributed by atoms with Gasteiger partial charge in [0.15, 0.2) is 11.5 Å². The van der Waals surface area contributed by atoms with Crippen LogP contribution in [0.25, 0.3) is 0 Å². The van der Waals surface area contributed by atoms with Gasteiger partial charge in [0.05, 0.1) is 13.2 Å². The van der Waals surface area contributed by atoms with Gasteiger partial charge >= 0.3 is 0 Å². The van der Waals surface area contributed by atoms with E-state index in [9.17, 15) is 0 Å². The van der Waals surface area contributed by atoms with E-state index in [1.807, 2.05) is 19.9 Å². The second-order valence-corrected chi connectivity index (χ2v) is 6.12. The number of hydrogen-bond donors (Lipinski definition) is 1. The van der Waals surface area contributed by atoms with Gasteiger partial charge in [-0.2, -0.15) is 0 Å². The summed E-state index contributed by atoms with van der Waals surface area (Å²) in [5.74, 6) is 1.67. The van der Waals surface area contributed by atoms with Crippen molar-refractivity contribution in [1.82, 2.24) is 4.90 Å². The molecule has 118 valence electrons. The molecule has 1 fully saturated rings. The zero-order chi connectivity index (χ0) is 15.3. The highest BCUT2D eigenvalue weighted by Crippen LogP contribution is 2.32. The van der Waals surface area contributed by atoms with Gasteiger partial charge in [-0.3, -0.25) is 4.90 Å². The fourth-order valence-electron chi connectivity index (χ4n) is 2.88. The Morgan fingerprint density at radius 3 is 2.52 bits per heavy atom. The summed E-state index contributed by atoms with van der Waals surface area (Å²) in [6.45, 7) is 11.5. The van der Waals surface area contributed by atoms with Gasteiger partial charge in [0.1, 0.15) is 0 Å². The van der Waals surface area contributed by atoms with Crippen LogP contribution >= 0.6 is 0 Å². The molecule has 2 rings (SSSR count). The van der Waals surface area contributed by atoms with E-state index in [1.54, 1.807) is 0 Å². The Kier molecular flexibility index (Phi) is 5.48. The van der Waals surface area contributed by atoms with E-state index in [0.717, 1.165) is 37.7 Å². The van der Waals surface area contributed by atoms with Crippen LogP contribution in [0, 0.1) is 5.41 Å². The summed E-state index contributed by atoms with van der Waals surface area (Å²) < 4.78 is 11.3. The van der Waals surface area contributed by atoms with Gasteiger partial charge in [-0.15, -0.1) is 0 Å². The molecule has 1 aliphatic heterocycles. The van der Waals surface area contributed by atoms with Crippen molar-refractivity contribution in [3.05, 3.63) is 23.8 Å². The minimum absolute atomic E-state index is 0.272. The third-order valence-corrected chi connectivity index (χ3v) is 4.14. The average Bonchev–Trinajstić information content (AvgIpc) is 2.84. The molecule has 0 aromatic heterocycles. The Labute approximate surface area is 128 Å². The largest absolute Gasteiger partial charge is 0.490 e. The minimum atomic E-state index is 0.272. The van der Waals surface area contributed by atoms with E-state index in [1.165, 1.54) is 12.0 Å². The topological polar surface area (TPSA) is 47.7 Å². The van der Waals surface area contributed by atoms with Gasteiger partial charge in [-0.1, -0.05) is 13.0 Å². The van der Waals surface area contributed by atoms with Crippen LogP contribution in [-0.2, 0) is 6.54 Å². The molecule has 1 saturated heterocycles. The van der Waals surface area contributed by atoms with Crippen molar-refractivity contribution in [3.8, 4) is 11.5 Å². The first kappa shape index (κ1) is 16.1. The van der Waals surface area contributed by atoms with E-state index in [-0.39, 0.29) is 5.41 Å². The quantitative estimate of drug-likeness (QED) is 0.839. The highest BCUT2D eigenvalue weighted by atomic mass is 16.5. The Morgan fingerprint density at radius 1 is 1.19 bits per heavy atom. The van der Waals surface area contributed by atoms with Gasteiger partial charge in [0, 0.05) is 13.1 Å². The highest BCUT2D eigenvalue weighted by molar-refractivity contribution is 5.43.